The van der Waals surface area contributed by atoms with E-state index in [0.29, 0.717) is 5.56 Å². The molecule has 1 aromatic carbocycles. The van der Waals surface area contributed by atoms with Gasteiger partial charge < -0.3 is 14.8 Å². The van der Waals surface area contributed by atoms with Crippen LogP contribution in [0.1, 0.15) is 63.6 Å². The Balaban J connectivity index is 2.47. The molecule has 0 atom stereocenters. The van der Waals surface area contributed by atoms with Gasteiger partial charge in [-0.2, -0.15) is 0 Å². The van der Waals surface area contributed by atoms with E-state index in [0.717, 1.165) is 17.4 Å². The summed E-state index contributed by atoms with van der Waals surface area (Å²) in [6.07, 6.45) is 0. The maximum Gasteiger partial charge on any atom is 0.348 e. The van der Waals surface area contributed by atoms with Crippen LogP contribution in [0.25, 0.3) is 0 Å². The third kappa shape index (κ3) is 4.95. The molecule has 0 saturated carbocycles. The van der Waals surface area contributed by atoms with Gasteiger partial charge in [0.15, 0.2) is 0 Å². The van der Waals surface area contributed by atoms with Crippen molar-refractivity contribution in [2.45, 2.75) is 40.2 Å². The van der Waals surface area contributed by atoms with Gasteiger partial charge in [-0.25, -0.2) is 14.0 Å². The topological polar surface area (TPSA) is 81.7 Å². The number of amides is 1. The molecule has 0 saturated heterocycles. The summed E-state index contributed by atoms with van der Waals surface area (Å²) < 4.78 is 24.3. The minimum atomic E-state index is -0.775. The Morgan fingerprint density at radius 1 is 1.14 bits per heavy atom. The van der Waals surface area contributed by atoms with Crippen LogP contribution >= 0.6 is 11.3 Å². The second kappa shape index (κ2) is 8.52. The van der Waals surface area contributed by atoms with Crippen molar-refractivity contribution < 1.29 is 28.2 Å². The van der Waals surface area contributed by atoms with Gasteiger partial charge in [0.05, 0.1) is 17.7 Å². The van der Waals surface area contributed by atoms with Crippen molar-refractivity contribution in [3.8, 4) is 0 Å². The first-order valence-electron chi connectivity index (χ1n) is 8.65. The number of hydrogen-bond acceptors (Lipinski definition) is 6. The summed E-state index contributed by atoms with van der Waals surface area (Å²) in [5, 5.41) is 2.62. The van der Waals surface area contributed by atoms with Crippen LogP contribution in [0.3, 0.4) is 0 Å². The maximum atomic E-state index is 13.9. The lowest BCUT2D eigenvalue weighted by molar-refractivity contribution is 0.00705. The molecule has 1 amide bonds. The highest BCUT2D eigenvalue weighted by Gasteiger charge is 2.30. The van der Waals surface area contributed by atoms with E-state index in [4.69, 9.17) is 9.47 Å². The Kier molecular flexibility index (Phi) is 6.56. The van der Waals surface area contributed by atoms with Crippen molar-refractivity contribution in [3.63, 3.8) is 0 Å². The number of anilines is 1. The van der Waals surface area contributed by atoms with Crippen LogP contribution in [-0.4, -0.2) is 30.1 Å². The number of nitrogens with one attached hydrogen (secondary N) is 1. The second-order valence-electron chi connectivity index (χ2n) is 6.92. The minimum absolute atomic E-state index is 0.0488. The van der Waals surface area contributed by atoms with E-state index in [9.17, 15) is 18.8 Å². The van der Waals surface area contributed by atoms with Crippen molar-refractivity contribution >= 4 is 34.2 Å². The molecule has 0 aliphatic rings. The number of esters is 2. The Hall–Kier alpha value is -2.74. The number of benzene rings is 1. The molecule has 1 N–H and O–H groups in total. The van der Waals surface area contributed by atoms with Crippen molar-refractivity contribution in [2.75, 3.05) is 11.9 Å². The summed E-state index contributed by atoms with van der Waals surface area (Å²) in [5.41, 5.74) is -0.571. The summed E-state index contributed by atoms with van der Waals surface area (Å²) in [6.45, 7) is 8.51. The summed E-state index contributed by atoms with van der Waals surface area (Å²) in [5.74, 6) is -2.74. The number of ether oxygens (including phenoxy) is 2. The molecule has 0 aliphatic heterocycles. The summed E-state index contributed by atoms with van der Waals surface area (Å²) in [7, 11) is 0. The van der Waals surface area contributed by atoms with Crippen LogP contribution in [-0.2, 0) is 9.47 Å². The molecule has 8 heteroatoms. The first-order chi connectivity index (χ1) is 13.0. The maximum absolute atomic E-state index is 13.9. The fourth-order valence-corrected chi connectivity index (χ4v) is 3.47. The highest BCUT2D eigenvalue weighted by molar-refractivity contribution is 7.18. The van der Waals surface area contributed by atoms with E-state index in [-0.39, 0.29) is 27.6 Å². The van der Waals surface area contributed by atoms with Gasteiger partial charge in [0, 0.05) is 0 Å². The Morgan fingerprint density at radius 3 is 2.36 bits per heavy atom. The SMILES string of the molecule is CCOC(=O)c1sc(NC(=O)c2ccccc2F)c(C(=O)OC(C)(C)C)c1C. The van der Waals surface area contributed by atoms with E-state index >= 15 is 0 Å². The van der Waals surface area contributed by atoms with Crippen molar-refractivity contribution in [1.82, 2.24) is 0 Å². The van der Waals surface area contributed by atoms with E-state index in [2.05, 4.69) is 5.32 Å². The molecule has 0 unspecified atom stereocenters. The molecule has 2 aromatic rings. The van der Waals surface area contributed by atoms with Crippen LogP contribution in [0.4, 0.5) is 9.39 Å². The quantitative estimate of drug-likeness (QED) is 0.734. The van der Waals surface area contributed by atoms with Gasteiger partial charge in [-0.3, -0.25) is 4.79 Å². The molecule has 1 aromatic heterocycles. The summed E-state index contributed by atoms with van der Waals surface area (Å²) in [4.78, 5) is 37.6. The molecule has 2 rings (SSSR count). The molecule has 28 heavy (non-hydrogen) atoms. The minimum Gasteiger partial charge on any atom is -0.462 e. The first kappa shape index (κ1) is 21.6. The highest BCUT2D eigenvalue weighted by atomic mass is 32.1. The molecule has 0 fully saturated rings. The van der Waals surface area contributed by atoms with Crippen LogP contribution in [0.2, 0.25) is 0 Å². The van der Waals surface area contributed by atoms with Crippen molar-refractivity contribution in [2.24, 2.45) is 0 Å². The van der Waals surface area contributed by atoms with Gasteiger partial charge in [-0.15, -0.1) is 11.3 Å². The zero-order valence-corrected chi connectivity index (χ0v) is 17.2. The fraction of sp³-hybridized carbons (Fsp3) is 0.350. The van der Waals surface area contributed by atoms with Crippen LogP contribution < -0.4 is 5.32 Å². The number of thiophene rings is 1. The van der Waals surface area contributed by atoms with Crippen LogP contribution in [0.5, 0.6) is 0 Å². The smallest absolute Gasteiger partial charge is 0.348 e. The molecule has 0 spiro atoms. The van der Waals surface area contributed by atoms with Gasteiger partial charge in [0.1, 0.15) is 21.3 Å². The van der Waals surface area contributed by atoms with E-state index in [1.54, 1.807) is 34.6 Å². The van der Waals surface area contributed by atoms with Crippen molar-refractivity contribution in [1.29, 1.82) is 0 Å². The van der Waals surface area contributed by atoms with Gasteiger partial charge in [0.2, 0.25) is 0 Å². The Morgan fingerprint density at radius 2 is 1.79 bits per heavy atom. The predicted molar refractivity (Wildman–Crippen MR) is 105 cm³/mol. The molecule has 1 heterocycles. The molecule has 0 radical (unpaired) electrons. The van der Waals surface area contributed by atoms with Gasteiger partial charge in [0.25, 0.3) is 5.91 Å². The average Bonchev–Trinajstić information content (AvgIpc) is 2.90. The second-order valence-corrected chi connectivity index (χ2v) is 7.94. The Bertz CT molecular complexity index is 914. The molecule has 150 valence electrons. The molecule has 6 nitrogen and oxygen atoms in total. The monoisotopic (exact) mass is 407 g/mol. The number of rotatable bonds is 5. The number of halogens is 1. The van der Waals surface area contributed by atoms with Gasteiger partial charge in [-0.05, 0) is 52.3 Å². The normalized spacial score (nSPS) is 11.1. The molecule has 0 aliphatic carbocycles. The summed E-state index contributed by atoms with van der Waals surface area (Å²) >= 11 is 0.888. The molecule has 0 bridgehead atoms. The fourth-order valence-electron chi connectivity index (χ4n) is 2.38. The molecular weight excluding hydrogens is 385 g/mol. The van der Waals surface area contributed by atoms with Gasteiger partial charge >= 0.3 is 11.9 Å². The third-order valence-electron chi connectivity index (χ3n) is 3.56. The largest absolute Gasteiger partial charge is 0.462 e. The van der Waals surface area contributed by atoms with Gasteiger partial charge in [-0.1, -0.05) is 12.1 Å². The Labute approximate surface area is 166 Å². The van der Waals surface area contributed by atoms with E-state index in [1.807, 2.05) is 0 Å². The standard InChI is InChI=1S/C20H22FNO5S/c1-6-26-19(25)15-11(2)14(18(24)27-20(3,4)5)17(28-15)22-16(23)12-9-7-8-10-13(12)21/h7-10H,6H2,1-5H3,(H,22,23). The average molecular weight is 407 g/mol. The number of carbonyl (C=O) groups is 3. The lowest BCUT2D eigenvalue weighted by Crippen LogP contribution is -2.25. The van der Waals surface area contributed by atoms with E-state index < -0.39 is 29.3 Å². The third-order valence-corrected chi connectivity index (χ3v) is 4.74. The first-order valence-corrected chi connectivity index (χ1v) is 9.46. The van der Waals surface area contributed by atoms with Crippen LogP contribution in [0.15, 0.2) is 24.3 Å². The zero-order chi connectivity index (χ0) is 21.1. The van der Waals surface area contributed by atoms with E-state index in [1.165, 1.54) is 18.2 Å². The van der Waals surface area contributed by atoms with Crippen molar-refractivity contribution in [3.05, 3.63) is 51.7 Å². The molecular formula is C20H22FNO5S. The lowest BCUT2D eigenvalue weighted by Gasteiger charge is -2.20. The summed E-state index contributed by atoms with van der Waals surface area (Å²) in [6, 6.07) is 5.47. The number of hydrogen-bond donors (Lipinski definition) is 1. The predicted octanol–water partition coefficient (Wildman–Crippen LogP) is 4.58. The van der Waals surface area contributed by atoms with Crippen LogP contribution in [0, 0.1) is 12.7 Å². The highest BCUT2D eigenvalue weighted by Crippen LogP contribution is 2.35. The zero-order valence-electron chi connectivity index (χ0n) is 16.3. The number of carbonyl (C=O) groups excluding carboxylic acids is 3. The lowest BCUT2D eigenvalue weighted by atomic mass is 10.1.